The maximum absolute atomic E-state index is 12.2. The van der Waals surface area contributed by atoms with E-state index in [4.69, 9.17) is 16.3 Å². The first-order valence-corrected chi connectivity index (χ1v) is 7.32. The van der Waals surface area contributed by atoms with E-state index < -0.39 is 0 Å². The molecule has 4 nitrogen and oxygen atoms in total. The molecule has 0 spiro atoms. The third kappa shape index (κ3) is 3.87. The van der Waals surface area contributed by atoms with E-state index in [0.29, 0.717) is 24.1 Å². The summed E-state index contributed by atoms with van der Waals surface area (Å²) in [5.41, 5.74) is 0. The number of ether oxygens (including phenoxy) is 1. The van der Waals surface area contributed by atoms with Gasteiger partial charge in [0, 0.05) is 12.1 Å². The van der Waals surface area contributed by atoms with Crippen molar-refractivity contribution in [2.75, 3.05) is 26.7 Å². The minimum Gasteiger partial charge on any atom is -0.492 e. The highest BCUT2D eigenvalue weighted by atomic mass is 35.5. The molecule has 2 rings (SSSR count). The number of nitrogens with one attached hydrogen (secondary N) is 1. The molecule has 0 aliphatic carbocycles. The molecule has 110 valence electrons. The van der Waals surface area contributed by atoms with E-state index >= 15 is 0 Å². The van der Waals surface area contributed by atoms with Crippen molar-refractivity contribution in [3.63, 3.8) is 0 Å². The van der Waals surface area contributed by atoms with E-state index in [1.54, 1.807) is 17.0 Å². The van der Waals surface area contributed by atoms with Gasteiger partial charge in [-0.1, -0.05) is 24.6 Å². The maximum Gasteiger partial charge on any atom is 0.239 e. The highest BCUT2D eigenvalue weighted by Gasteiger charge is 2.31. The Hall–Kier alpha value is -1.26. The van der Waals surface area contributed by atoms with E-state index in [0.717, 1.165) is 18.7 Å². The predicted octanol–water partition coefficient (Wildman–Crippen LogP) is 2.18. The largest absolute Gasteiger partial charge is 0.492 e. The van der Waals surface area contributed by atoms with Crippen molar-refractivity contribution in [1.82, 2.24) is 10.2 Å². The lowest BCUT2D eigenvalue weighted by Gasteiger charge is -2.23. The molecule has 1 saturated heterocycles. The summed E-state index contributed by atoms with van der Waals surface area (Å²) in [6, 6.07) is 7.22. The Balaban J connectivity index is 1.77. The van der Waals surface area contributed by atoms with E-state index in [-0.39, 0.29) is 11.9 Å². The van der Waals surface area contributed by atoms with Crippen molar-refractivity contribution < 1.29 is 9.53 Å². The number of carbonyl (C=O) groups excluding carboxylic acids is 1. The highest BCUT2D eigenvalue weighted by molar-refractivity contribution is 6.30. The second kappa shape index (κ2) is 6.95. The van der Waals surface area contributed by atoms with Gasteiger partial charge < -0.3 is 15.0 Å². The monoisotopic (exact) mass is 296 g/mol. The average Bonchev–Trinajstić information content (AvgIpc) is 2.84. The van der Waals surface area contributed by atoms with Crippen molar-refractivity contribution in [3.8, 4) is 5.75 Å². The Kier molecular flexibility index (Phi) is 5.26. The minimum absolute atomic E-state index is 0.0498. The number of amides is 1. The van der Waals surface area contributed by atoms with Crippen LogP contribution in [0.4, 0.5) is 0 Å². The van der Waals surface area contributed by atoms with Gasteiger partial charge in [0.25, 0.3) is 0 Å². The zero-order chi connectivity index (χ0) is 14.5. The van der Waals surface area contributed by atoms with Crippen LogP contribution in [0.15, 0.2) is 24.3 Å². The van der Waals surface area contributed by atoms with E-state index in [9.17, 15) is 4.79 Å². The number of hydrogen-bond donors (Lipinski definition) is 1. The van der Waals surface area contributed by atoms with Crippen molar-refractivity contribution in [3.05, 3.63) is 29.3 Å². The third-order valence-electron chi connectivity index (χ3n) is 3.67. The summed E-state index contributed by atoms with van der Waals surface area (Å²) < 4.78 is 5.60. The summed E-state index contributed by atoms with van der Waals surface area (Å²) >= 11 is 5.89. The van der Waals surface area contributed by atoms with Crippen LogP contribution in [-0.2, 0) is 4.79 Å². The second-order valence-electron chi connectivity index (χ2n) is 5.26. The Labute approximate surface area is 125 Å². The molecule has 1 aromatic carbocycles. The van der Waals surface area contributed by atoms with Crippen LogP contribution in [0, 0.1) is 5.92 Å². The topological polar surface area (TPSA) is 41.6 Å². The molecule has 0 radical (unpaired) electrons. The number of carbonyl (C=O) groups is 1. The van der Waals surface area contributed by atoms with Crippen LogP contribution in [0.2, 0.25) is 5.02 Å². The first kappa shape index (κ1) is 15.1. The van der Waals surface area contributed by atoms with Crippen molar-refractivity contribution in [2.45, 2.75) is 19.4 Å². The van der Waals surface area contributed by atoms with Gasteiger partial charge in [-0.2, -0.15) is 0 Å². The quantitative estimate of drug-likeness (QED) is 0.905. The summed E-state index contributed by atoms with van der Waals surface area (Å²) in [5.74, 6) is 1.27. The van der Waals surface area contributed by atoms with Gasteiger partial charge in [-0.15, -0.1) is 0 Å². The molecule has 2 unspecified atom stereocenters. The number of nitrogens with zero attached hydrogens (tertiary/aromatic N) is 1. The molecule has 1 aliphatic rings. The molecule has 1 fully saturated rings. The van der Waals surface area contributed by atoms with Crippen LogP contribution in [0.5, 0.6) is 5.75 Å². The predicted molar refractivity (Wildman–Crippen MR) is 80.2 cm³/mol. The zero-order valence-electron chi connectivity index (χ0n) is 11.9. The minimum atomic E-state index is -0.0498. The molecule has 5 heteroatoms. The molecule has 0 aromatic heterocycles. The number of hydrogen-bond acceptors (Lipinski definition) is 3. The number of rotatable bonds is 5. The smallest absolute Gasteiger partial charge is 0.239 e. The lowest BCUT2D eigenvalue weighted by molar-refractivity contribution is -0.132. The van der Waals surface area contributed by atoms with Crippen molar-refractivity contribution >= 4 is 17.5 Å². The average molecular weight is 297 g/mol. The van der Waals surface area contributed by atoms with Gasteiger partial charge in [-0.3, -0.25) is 4.79 Å². The lowest BCUT2D eigenvalue weighted by atomic mass is 10.0. The second-order valence-corrected chi connectivity index (χ2v) is 5.70. The maximum atomic E-state index is 12.2. The summed E-state index contributed by atoms with van der Waals surface area (Å²) in [5, 5.41) is 3.90. The number of likely N-dealkylation sites (N-methyl/N-ethyl adjacent to an activating group) is 1. The molecule has 1 heterocycles. The fourth-order valence-electron chi connectivity index (χ4n) is 2.37. The highest BCUT2D eigenvalue weighted by Crippen LogP contribution is 2.18. The van der Waals surface area contributed by atoms with Gasteiger partial charge in [0.2, 0.25) is 5.91 Å². The molecule has 2 atom stereocenters. The molecule has 1 aliphatic heterocycles. The molecule has 1 N–H and O–H groups in total. The van der Waals surface area contributed by atoms with Gasteiger partial charge in [-0.25, -0.2) is 0 Å². The molecule has 1 amide bonds. The molecular weight excluding hydrogens is 276 g/mol. The SMILES string of the molecule is CC1CCNC1C(=O)N(C)CCOc1cccc(Cl)c1. The van der Waals surface area contributed by atoms with Gasteiger partial charge in [0.15, 0.2) is 0 Å². The Bertz CT molecular complexity index is 467. The molecule has 20 heavy (non-hydrogen) atoms. The number of halogens is 1. The van der Waals surface area contributed by atoms with Crippen LogP contribution in [-0.4, -0.2) is 43.6 Å². The van der Waals surface area contributed by atoms with Crippen LogP contribution in [0.3, 0.4) is 0 Å². The summed E-state index contributed by atoms with van der Waals surface area (Å²) in [4.78, 5) is 14.0. The van der Waals surface area contributed by atoms with Gasteiger partial charge in [0.05, 0.1) is 12.6 Å². The van der Waals surface area contributed by atoms with E-state index in [2.05, 4.69) is 12.2 Å². The first-order chi connectivity index (χ1) is 9.58. The Morgan fingerprint density at radius 3 is 3.00 bits per heavy atom. The summed E-state index contributed by atoms with van der Waals surface area (Å²) in [7, 11) is 1.82. The molecule has 0 bridgehead atoms. The molecular formula is C15H21ClN2O2. The Morgan fingerprint density at radius 2 is 2.35 bits per heavy atom. The number of benzene rings is 1. The van der Waals surface area contributed by atoms with Crippen LogP contribution >= 0.6 is 11.6 Å². The van der Waals surface area contributed by atoms with Gasteiger partial charge in [0.1, 0.15) is 12.4 Å². The third-order valence-corrected chi connectivity index (χ3v) is 3.90. The lowest BCUT2D eigenvalue weighted by Crippen LogP contribution is -2.45. The first-order valence-electron chi connectivity index (χ1n) is 6.94. The van der Waals surface area contributed by atoms with E-state index in [1.165, 1.54) is 0 Å². The van der Waals surface area contributed by atoms with Gasteiger partial charge in [-0.05, 0) is 37.1 Å². The van der Waals surface area contributed by atoms with Crippen molar-refractivity contribution in [1.29, 1.82) is 0 Å². The molecule has 0 saturated carbocycles. The Morgan fingerprint density at radius 1 is 1.55 bits per heavy atom. The molecule has 1 aromatic rings. The van der Waals surface area contributed by atoms with Crippen LogP contribution in [0.1, 0.15) is 13.3 Å². The standard InChI is InChI=1S/C15H21ClN2O2/c1-11-6-7-17-14(11)15(19)18(2)8-9-20-13-5-3-4-12(16)10-13/h3-5,10-11,14,17H,6-9H2,1-2H3. The fraction of sp³-hybridized carbons (Fsp3) is 0.533. The zero-order valence-corrected chi connectivity index (χ0v) is 12.7. The van der Waals surface area contributed by atoms with Crippen LogP contribution in [0.25, 0.3) is 0 Å². The summed E-state index contributed by atoms with van der Waals surface area (Å²) in [6.07, 6.45) is 1.06. The fourth-order valence-corrected chi connectivity index (χ4v) is 2.55. The van der Waals surface area contributed by atoms with Gasteiger partial charge >= 0.3 is 0 Å². The van der Waals surface area contributed by atoms with Crippen LogP contribution < -0.4 is 10.1 Å². The normalized spacial score (nSPS) is 21.8. The van der Waals surface area contributed by atoms with Crippen molar-refractivity contribution in [2.24, 2.45) is 5.92 Å². The summed E-state index contributed by atoms with van der Waals surface area (Å²) in [6.45, 7) is 4.06. The van der Waals surface area contributed by atoms with E-state index in [1.807, 2.05) is 19.2 Å².